The van der Waals surface area contributed by atoms with Gasteiger partial charge in [0.15, 0.2) is 6.23 Å². The molecule has 2 aromatic rings. The molecule has 0 radical (unpaired) electrons. The molecule has 6 heteroatoms. The van der Waals surface area contributed by atoms with Gasteiger partial charge in [0.25, 0.3) is 6.47 Å². The lowest BCUT2D eigenvalue weighted by atomic mass is 9.72. The van der Waals surface area contributed by atoms with Crippen molar-refractivity contribution in [2.24, 2.45) is 5.92 Å². The Morgan fingerprint density at radius 3 is 2.92 bits per heavy atom. The molecule has 1 aromatic heterocycles. The third-order valence-electron chi connectivity index (χ3n) is 6.15. The van der Waals surface area contributed by atoms with Gasteiger partial charge in [-0.25, -0.2) is 0 Å². The van der Waals surface area contributed by atoms with Crippen molar-refractivity contribution in [1.29, 1.82) is 0 Å². The number of H-pyrrole nitrogens is 1. The smallest absolute Gasteiger partial charge is 0.294 e. The van der Waals surface area contributed by atoms with E-state index < -0.39 is 0 Å². The third kappa shape index (κ3) is 2.75. The fraction of sp³-hybridized carbons (Fsp3) is 0.550. The maximum Gasteiger partial charge on any atom is 0.294 e. The Hall–Kier alpha value is -1.50. The zero-order chi connectivity index (χ0) is 18.4. The zero-order valence-electron chi connectivity index (χ0n) is 15.9. The van der Waals surface area contributed by atoms with E-state index in [-0.39, 0.29) is 6.23 Å². The Bertz CT molecular complexity index is 819. The predicted octanol–water partition coefficient (Wildman–Crippen LogP) is 2.91. The quantitative estimate of drug-likeness (QED) is 0.496. The van der Waals surface area contributed by atoms with E-state index in [2.05, 4.69) is 41.4 Å². The number of likely N-dealkylation sites (N-methyl/N-ethyl adjacent to an activating group) is 1. The highest BCUT2D eigenvalue weighted by molar-refractivity contribution is 7.98. The van der Waals surface area contributed by atoms with E-state index in [0.29, 0.717) is 24.3 Å². The van der Waals surface area contributed by atoms with Crippen LogP contribution >= 0.6 is 11.8 Å². The molecule has 140 valence electrons. The fourth-order valence-electron chi connectivity index (χ4n) is 5.13. The topological polar surface area (TPSA) is 48.6 Å². The summed E-state index contributed by atoms with van der Waals surface area (Å²) in [5.41, 5.74) is 4.17. The van der Waals surface area contributed by atoms with Gasteiger partial charge in [0.05, 0.1) is 5.03 Å². The lowest BCUT2D eigenvalue weighted by molar-refractivity contribution is -0.149. The normalized spacial score (nSPS) is 26.7. The van der Waals surface area contributed by atoms with Crippen LogP contribution in [0.3, 0.4) is 0 Å². The molecule has 2 aliphatic rings. The number of ether oxygens (including phenoxy) is 1. The number of nitrogens with zero attached hydrogens (tertiary/aromatic N) is 2. The Morgan fingerprint density at radius 2 is 2.23 bits per heavy atom. The van der Waals surface area contributed by atoms with Crippen molar-refractivity contribution in [3.8, 4) is 0 Å². The number of rotatable bonds is 5. The van der Waals surface area contributed by atoms with E-state index in [1.54, 1.807) is 11.8 Å². The summed E-state index contributed by atoms with van der Waals surface area (Å²) in [4.78, 5) is 19.1. The Balaban J connectivity index is 1.75. The SMILES string of the molecule is CSc1[nH]c2cccc3c2c1C[C@@H]1[C@@H]3CC(C(OC=O)N(C)C)CN1C. The number of hydrogen-bond donors (Lipinski definition) is 1. The molecule has 0 saturated carbocycles. The summed E-state index contributed by atoms with van der Waals surface area (Å²) in [6, 6.07) is 7.15. The van der Waals surface area contributed by atoms with Gasteiger partial charge in [0.2, 0.25) is 0 Å². The minimum Gasteiger partial charge on any atom is -0.448 e. The summed E-state index contributed by atoms with van der Waals surface area (Å²) < 4.78 is 5.44. The molecule has 1 aromatic carbocycles. The van der Waals surface area contributed by atoms with E-state index in [0.717, 1.165) is 19.4 Å². The van der Waals surface area contributed by atoms with Gasteiger partial charge < -0.3 is 14.6 Å². The van der Waals surface area contributed by atoms with Crippen LogP contribution in [0.25, 0.3) is 10.9 Å². The Kier molecular flexibility index (Phi) is 4.75. The summed E-state index contributed by atoms with van der Waals surface area (Å²) in [5.74, 6) is 0.773. The molecule has 1 saturated heterocycles. The number of nitrogens with one attached hydrogen (secondary N) is 1. The maximum atomic E-state index is 11.0. The molecule has 0 spiro atoms. The highest BCUT2D eigenvalue weighted by Gasteiger charge is 2.43. The largest absolute Gasteiger partial charge is 0.448 e. The highest BCUT2D eigenvalue weighted by Crippen LogP contribution is 2.47. The first-order chi connectivity index (χ1) is 12.5. The predicted molar refractivity (Wildman–Crippen MR) is 106 cm³/mol. The number of likely N-dealkylation sites (tertiary alicyclic amines) is 1. The second-order valence-electron chi connectivity index (χ2n) is 7.81. The number of thioether (sulfide) groups is 1. The number of piperidine rings is 1. The summed E-state index contributed by atoms with van der Waals surface area (Å²) in [5, 5.41) is 2.72. The van der Waals surface area contributed by atoms with E-state index in [1.165, 1.54) is 27.1 Å². The van der Waals surface area contributed by atoms with Crippen LogP contribution in [0.15, 0.2) is 23.2 Å². The van der Waals surface area contributed by atoms with Crippen molar-refractivity contribution >= 4 is 29.1 Å². The first kappa shape index (κ1) is 17.9. The fourth-order valence-corrected chi connectivity index (χ4v) is 5.77. The summed E-state index contributed by atoms with van der Waals surface area (Å²) >= 11 is 1.81. The molecule has 5 nitrogen and oxygen atoms in total. The van der Waals surface area contributed by atoms with Gasteiger partial charge in [-0.2, -0.15) is 0 Å². The molecule has 1 fully saturated rings. The second-order valence-corrected chi connectivity index (χ2v) is 8.62. The van der Waals surface area contributed by atoms with Crippen LogP contribution in [-0.4, -0.2) is 67.5 Å². The number of carbonyl (C=O) groups is 1. The molecule has 1 aliphatic carbocycles. The highest BCUT2D eigenvalue weighted by atomic mass is 32.2. The molecule has 4 atom stereocenters. The van der Waals surface area contributed by atoms with Crippen molar-refractivity contribution in [2.75, 3.05) is 33.9 Å². The molecular weight excluding hydrogens is 346 g/mol. The van der Waals surface area contributed by atoms with Crippen LogP contribution in [0, 0.1) is 5.92 Å². The van der Waals surface area contributed by atoms with Crippen LogP contribution in [-0.2, 0) is 16.0 Å². The number of carbonyl (C=O) groups excluding carboxylic acids is 1. The third-order valence-corrected chi connectivity index (χ3v) is 6.91. The standard InChI is InChI=1S/C20H27N3O2S/c1-22(2)20(25-11-24)12-8-14-13-6-5-7-16-18(13)15(19(21-16)26-4)9-17(14)23(3)10-12/h5-7,11-12,14,17,20-21H,8-10H2,1-4H3/t12?,14-,17-,20?/m1/s1. The van der Waals surface area contributed by atoms with E-state index in [4.69, 9.17) is 4.74 Å². The van der Waals surface area contributed by atoms with Crippen molar-refractivity contribution in [2.45, 2.75) is 36.1 Å². The summed E-state index contributed by atoms with van der Waals surface area (Å²) in [6.45, 7) is 1.54. The van der Waals surface area contributed by atoms with E-state index in [1.807, 2.05) is 19.0 Å². The number of fused-ring (bicyclic) bond motifs is 2. The van der Waals surface area contributed by atoms with Crippen LogP contribution < -0.4 is 0 Å². The first-order valence-corrected chi connectivity index (χ1v) is 10.4. The minimum absolute atomic E-state index is 0.176. The number of aromatic amines is 1. The molecule has 4 rings (SSSR count). The van der Waals surface area contributed by atoms with Gasteiger partial charge in [-0.1, -0.05) is 12.1 Å². The molecule has 0 amide bonds. The average Bonchev–Trinajstić information content (AvgIpc) is 2.99. The molecule has 26 heavy (non-hydrogen) atoms. The first-order valence-electron chi connectivity index (χ1n) is 9.18. The van der Waals surface area contributed by atoms with E-state index >= 15 is 0 Å². The van der Waals surface area contributed by atoms with Crippen molar-refractivity contribution in [3.05, 3.63) is 29.3 Å². The molecule has 1 aliphatic heterocycles. The number of hydrogen-bond acceptors (Lipinski definition) is 5. The van der Waals surface area contributed by atoms with Crippen LogP contribution in [0.4, 0.5) is 0 Å². The number of aromatic nitrogens is 1. The van der Waals surface area contributed by atoms with Gasteiger partial charge in [0.1, 0.15) is 0 Å². The molecule has 1 N–H and O–H groups in total. The summed E-state index contributed by atoms with van der Waals surface area (Å²) in [6.07, 6.45) is 4.10. The average molecular weight is 374 g/mol. The summed E-state index contributed by atoms with van der Waals surface area (Å²) in [7, 11) is 6.18. The monoisotopic (exact) mass is 373 g/mol. The van der Waals surface area contributed by atoms with Gasteiger partial charge in [-0.15, -0.1) is 11.8 Å². The van der Waals surface area contributed by atoms with Crippen molar-refractivity contribution in [3.63, 3.8) is 0 Å². The van der Waals surface area contributed by atoms with Gasteiger partial charge in [-0.3, -0.25) is 9.69 Å². The Labute approximate surface area is 159 Å². The van der Waals surface area contributed by atoms with Crippen molar-refractivity contribution in [1.82, 2.24) is 14.8 Å². The molecule has 2 heterocycles. The number of benzene rings is 1. The Morgan fingerprint density at radius 1 is 1.42 bits per heavy atom. The van der Waals surface area contributed by atoms with Crippen LogP contribution in [0.1, 0.15) is 23.5 Å². The van der Waals surface area contributed by atoms with Gasteiger partial charge >= 0.3 is 0 Å². The maximum absolute atomic E-state index is 11.0. The molecule has 0 bridgehead atoms. The van der Waals surface area contributed by atoms with Gasteiger partial charge in [0, 0.05) is 35.3 Å². The van der Waals surface area contributed by atoms with E-state index in [9.17, 15) is 4.79 Å². The molecule has 2 unspecified atom stereocenters. The second kappa shape index (κ2) is 6.91. The van der Waals surface area contributed by atoms with Crippen LogP contribution in [0.2, 0.25) is 0 Å². The molecular formula is C20H27N3O2S. The zero-order valence-corrected chi connectivity index (χ0v) is 16.7. The lowest BCUT2D eigenvalue weighted by Gasteiger charge is -2.47. The van der Waals surface area contributed by atoms with Gasteiger partial charge in [-0.05, 0) is 57.4 Å². The lowest BCUT2D eigenvalue weighted by Crippen LogP contribution is -2.53. The minimum atomic E-state index is -0.176. The van der Waals surface area contributed by atoms with Crippen molar-refractivity contribution < 1.29 is 9.53 Å². The van der Waals surface area contributed by atoms with Crippen LogP contribution in [0.5, 0.6) is 0 Å².